The molecule has 0 aromatic heterocycles. The van der Waals surface area contributed by atoms with Gasteiger partial charge in [0.05, 0.1) is 0 Å². The molecule has 0 radical (unpaired) electrons. The number of thioether (sulfide) groups is 1. The average molecular weight is 225 g/mol. The standard InChI is InChI=1S/C13H23NS/c1-2-11-7-10(1)8-12(11)3-5-14-13-4-6-15-9-13/h10-14H,1-9H2. The summed E-state index contributed by atoms with van der Waals surface area (Å²) >= 11 is 2.11. The van der Waals surface area contributed by atoms with E-state index in [-0.39, 0.29) is 0 Å². The van der Waals surface area contributed by atoms with Crippen LogP contribution < -0.4 is 5.32 Å². The van der Waals surface area contributed by atoms with Crippen LogP contribution in [0, 0.1) is 17.8 Å². The molecule has 86 valence electrons. The Labute approximate surface area is 97.8 Å². The Morgan fingerprint density at radius 2 is 2.13 bits per heavy atom. The summed E-state index contributed by atoms with van der Waals surface area (Å²) < 4.78 is 0. The summed E-state index contributed by atoms with van der Waals surface area (Å²) in [6.07, 6.45) is 9.10. The molecule has 3 rings (SSSR count). The molecule has 2 saturated carbocycles. The minimum atomic E-state index is 0.841. The molecule has 0 spiro atoms. The van der Waals surface area contributed by atoms with Gasteiger partial charge in [-0.3, -0.25) is 0 Å². The zero-order valence-corrected chi connectivity index (χ0v) is 10.4. The molecule has 1 aliphatic heterocycles. The van der Waals surface area contributed by atoms with Gasteiger partial charge in [-0.1, -0.05) is 6.42 Å². The summed E-state index contributed by atoms with van der Waals surface area (Å²) in [5.74, 6) is 6.07. The highest BCUT2D eigenvalue weighted by atomic mass is 32.2. The molecule has 4 unspecified atom stereocenters. The highest BCUT2D eigenvalue weighted by Gasteiger charge is 2.38. The van der Waals surface area contributed by atoms with Crippen molar-refractivity contribution in [3.05, 3.63) is 0 Å². The molecule has 1 N–H and O–H groups in total. The Bertz CT molecular complexity index is 213. The van der Waals surface area contributed by atoms with Gasteiger partial charge in [0.2, 0.25) is 0 Å². The lowest BCUT2D eigenvalue weighted by Crippen LogP contribution is -2.31. The van der Waals surface area contributed by atoms with Crippen LogP contribution >= 0.6 is 11.8 Å². The third-order valence-corrected chi connectivity index (χ3v) is 5.92. The fourth-order valence-electron chi connectivity index (χ4n) is 3.90. The molecule has 0 aromatic carbocycles. The smallest absolute Gasteiger partial charge is 0.0166 e. The summed E-state index contributed by atoms with van der Waals surface area (Å²) in [6.45, 7) is 1.29. The van der Waals surface area contributed by atoms with E-state index in [1.165, 1.54) is 30.9 Å². The highest BCUT2D eigenvalue weighted by molar-refractivity contribution is 7.99. The quantitative estimate of drug-likeness (QED) is 0.789. The van der Waals surface area contributed by atoms with Gasteiger partial charge in [-0.15, -0.1) is 0 Å². The van der Waals surface area contributed by atoms with Crippen molar-refractivity contribution >= 4 is 11.8 Å². The summed E-state index contributed by atoms with van der Waals surface area (Å²) in [5.41, 5.74) is 0. The Morgan fingerprint density at radius 1 is 1.13 bits per heavy atom. The molecule has 0 amide bonds. The SMILES string of the molecule is C(CC1CC2CCC1C2)NC1CCSC1. The van der Waals surface area contributed by atoms with Crippen LogP contribution in [0.1, 0.15) is 38.5 Å². The first-order valence-electron chi connectivity index (χ1n) is 6.73. The zero-order valence-electron chi connectivity index (χ0n) is 9.58. The van der Waals surface area contributed by atoms with Crippen LogP contribution in [-0.2, 0) is 0 Å². The van der Waals surface area contributed by atoms with Crippen LogP contribution in [0.15, 0.2) is 0 Å². The van der Waals surface area contributed by atoms with E-state index in [0.717, 1.165) is 23.8 Å². The largest absolute Gasteiger partial charge is 0.313 e. The Hall–Kier alpha value is 0.310. The second kappa shape index (κ2) is 4.67. The lowest BCUT2D eigenvalue weighted by atomic mass is 9.86. The molecule has 2 bridgehead atoms. The maximum Gasteiger partial charge on any atom is 0.0166 e. The van der Waals surface area contributed by atoms with Crippen molar-refractivity contribution in [3.63, 3.8) is 0 Å². The molecule has 0 aromatic rings. The number of fused-ring (bicyclic) bond motifs is 2. The average Bonchev–Trinajstić information content (AvgIpc) is 2.93. The molecule has 1 saturated heterocycles. The number of hydrogen-bond donors (Lipinski definition) is 1. The normalized spacial score (nSPS) is 44.0. The van der Waals surface area contributed by atoms with Gasteiger partial charge < -0.3 is 5.32 Å². The van der Waals surface area contributed by atoms with Crippen LogP contribution in [0.25, 0.3) is 0 Å². The van der Waals surface area contributed by atoms with Crippen LogP contribution in [0.3, 0.4) is 0 Å². The van der Waals surface area contributed by atoms with Crippen molar-refractivity contribution in [2.24, 2.45) is 17.8 Å². The topological polar surface area (TPSA) is 12.0 Å². The van der Waals surface area contributed by atoms with Crippen LogP contribution in [0.4, 0.5) is 0 Å². The Balaban J connectivity index is 1.36. The predicted octanol–water partition coefficient (Wildman–Crippen LogP) is 2.91. The first-order chi connectivity index (χ1) is 7.42. The first-order valence-corrected chi connectivity index (χ1v) is 7.88. The molecule has 3 fully saturated rings. The molecule has 15 heavy (non-hydrogen) atoms. The Kier molecular flexibility index (Phi) is 3.25. The molecule has 1 nitrogen and oxygen atoms in total. The van der Waals surface area contributed by atoms with Crippen LogP contribution in [-0.4, -0.2) is 24.1 Å². The molecular formula is C13H23NS. The van der Waals surface area contributed by atoms with E-state index in [9.17, 15) is 0 Å². The van der Waals surface area contributed by atoms with Gasteiger partial charge in [0, 0.05) is 11.8 Å². The molecule has 3 aliphatic rings. The van der Waals surface area contributed by atoms with Gasteiger partial charge in [-0.25, -0.2) is 0 Å². The molecule has 4 atom stereocenters. The lowest BCUT2D eigenvalue weighted by molar-refractivity contribution is 0.306. The zero-order chi connectivity index (χ0) is 10.1. The van der Waals surface area contributed by atoms with Gasteiger partial charge in [0.25, 0.3) is 0 Å². The van der Waals surface area contributed by atoms with Crippen LogP contribution in [0.5, 0.6) is 0 Å². The monoisotopic (exact) mass is 225 g/mol. The number of hydrogen-bond acceptors (Lipinski definition) is 2. The van der Waals surface area contributed by atoms with Gasteiger partial charge in [-0.2, -0.15) is 11.8 Å². The van der Waals surface area contributed by atoms with E-state index < -0.39 is 0 Å². The van der Waals surface area contributed by atoms with Crippen molar-refractivity contribution in [1.29, 1.82) is 0 Å². The van der Waals surface area contributed by atoms with Crippen molar-refractivity contribution in [1.82, 2.24) is 5.32 Å². The predicted molar refractivity (Wildman–Crippen MR) is 67.3 cm³/mol. The number of rotatable bonds is 4. The van der Waals surface area contributed by atoms with Crippen LogP contribution in [0.2, 0.25) is 0 Å². The summed E-state index contributed by atoms with van der Waals surface area (Å²) in [4.78, 5) is 0. The molecular weight excluding hydrogens is 202 g/mol. The maximum atomic E-state index is 3.75. The van der Waals surface area contributed by atoms with E-state index in [1.807, 2.05) is 0 Å². The van der Waals surface area contributed by atoms with E-state index in [0.29, 0.717) is 0 Å². The van der Waals surface area contributed by atoms with E-state index >= 15 is 0 Å². The fourth-order valence-corrected chi connectivity index (χ4v) is 5.09. The second-order valence-electron chi connectivity index (χ2n) is 5.74. The lowest BCUT2D eigenvalue weighted by Gasteiger charge is -2.22. The fraction of sp³-hybridized carbons (Fsp3) is 1.00. The van der Waals surface area contributed by atoms with E-state index in [4.69, 9.17) is 0 Å². The molecule has 2 aliphatic carbocycles. The minimum absolute atomic E-state index is 0.841. The highest BCUT2D eigenvalue weighted by Crippen LogP contribution is 2.49. The van der Waals surface area contributed by atoms with Crippen molar-refractivity contribution in [2.75, 3.05) is 18.1 Å². The third kappa shape index (κ3) is 2.36. The van der Waals surface area contributed by atoms with E-state index in [2.05, 4.69) is 17.1 Å². The molecule has 1 heterocycles. The third-order valence-electron chi connectivity index (χ3n) is 4.76. The van der Waals surface area contributed by atoms with Crippen molar-refractivity contribution in [3.8, 4) is 0 Å². The number of nitrogens with one attached hydrogen (secondary N) is 1. The Morgan fingerprint density at radius 3 is 2.80 bits per heavy atom. The maximum absolute atomic E-state index is 3.75. The summed E-state index contributed by atoms with van der Waals surface area (Å²) in [5, 5.41) is 3.75. The van der Waals surface area contributed by atoms with Gasteiger partial charge >= 0.3 is 0 Å². The summed E-state index contributed by atoms with van der Waals surface area (Å²) in [6, 6.07) is 0.841. The minimum Gasteiger partial charge on any atom is -0.313 e. The van der Waals surface area contributed by atoms with Crippen molar-refractivity contribution < 1.29 is 0 Å². The second-order valence-corrected chi connectivity index (χ2v) is 6.89. The van der Waals surface area contributed by atoms with Gasteiger partial charge in [-0.05, 0) is 62.2 Å². The molecule has 2 heteroatoms. The van der Waals surface area contributed by atoms with E-state index in [1.54, 1.807) is 25.7 Å². The van der Waals surface area contributed by atoms with Gasteiger partial charge in [0.1, 0.15) is 0 Å². The van der Waals surface area contributed by atoms with Gasteiger partial charge in [0.15, 0.2) is 0 Å². The summed E-state index contributed by atoms with van der Waals surface area (Å²) in [7, 11) is 0. The van der Waals surface area contributed by atoms with Crippen molar-refractivity contribution in [2.45, 2.75) is 44.6 Å². The first kappa shape index (κ1) is 10.5.